The Morgan fingerprint density at radius 1 is 1.29 bits per heavy atom. The van der Waals surface area contributed by atoms with Gasteiger partial charge in [-0.3, -0.25) is 0 Å². The lowest BCUT2D eigenvalue weighted by atomic mass is 10.1. The number of anilines is 1. The highest BCUT2D eigenvalue weighted by molar-refractivity contribution is 5.98. The molecule has 6 heteroatoms. The summed E-state index contributed by atoms with van der Waals surface area (Å²) in [6.07, 6.45) is 4.77. The molecule has 3 heterocycles. The van der Waals surface area contributed by atoms with Gasteiger partial charge in [0.2, 0.25) is 0 Å². The number of rotatable bonds is 1. The molecule has 0 saturated carbocycles. The molecule has 0 bridgehead atoms. The van der Waals surface area contributed by atoms with E-state index < -0.39 is 0 Å². The predicted octanol–water partition coefficient (Wildman–Crippen LogP) is 1.51. The topological polar surface area (TPSA) is 82.8 Å². The van der Waals surface area contributed by atoms with Crippen LogP contribution < -0.4 is 5.73 Å². The highest BCUT2D eigenvalue weighted by Crippen LogP contribution is 2.31. The zero-order valence-electron chi connectivity index (χ0n) is 9.51. The van der Waals surface area contributed by atoms with Crippen LogP contribution in [0.25, 0.3) is 22.3 Å². The third-order valence-electron chi connectivity index (χ3n) is 2.76. The first-order chi connectivity index (χ1) is 8.18. The van der Waals surface area contributed by atoms with Gasteiger partial charge in [0.25, 0.3) is 0 Å². The van der Waals surface area contributed by atoms with Crippen molar-refractivity contribution >= 4 is 16.9 Å². The summed E-state index contributed by atoms with van der Waals surface area (Å²) < 4.78 is 6.86. The first-order valence-electron chi connectivity index (χ1n) is 5.15. The van der Waals surface area contributed by atoms with Crippen molar-refractivity contribution in [2.45, 2.75) is 6.92 Å². The van der Waals surface area contributed by atoms with Crippen LogP contribution >= 0.6 is 0 Å². The van der Waals surface area contributed by atoms with Gasteiger partial charge in [-0.05, 0) is 12.5 Å². The Balaban J connectivity index is 2.42. The molecule has 3 aromatic rings. The molecule has 0 saturated heterocycles. The molecule has 0 spiro atoms. The molecular formula is C11H11N5O. The van der Waals surface area contributed by atoms with Crippen molar-refractivity contribution in [3.63, 3.8) is 0 Å². The maximum absolute atomic E-state index is 5.89. The molecule has 86 valence electrons. The molecule has 0 atom stereocenters. The summed E-state index contributed by atoms with van der Waals surface area (Å²) in [5.41, 5.74) is 9.29. The normalized spacial score (nSPS) is 11.2. The lowest BCUT2D eigenvalue weighted by Gasteiger charge is -1.97. The number of nitrogen functional groups attached to an aromatic ring is 1. The van der Waals surface area contributed by atoms with Crippen LogP contribution in [0.15, 0.2) is 23.3 Å². The highest BCUT2D eigenvalue weighted by Gasteiger charge is 2.17. The number of hydrogen-bond donors (Lipinski definition) is 1. The lowest BCUT2D eigenvalue weighted by Crippen LogP contribution is -1.95. The second kappa shape index (κ2) is 3.31. The Morgan fingerprint density at radius 2 is 2.12 bits per heavy atom. The van der Waals surface area contributed by atoms with Gasteiger partial charge in [-0.1, -0.05) is 0 Å². The second-order valence-corrected chi connectivity index (χ2v) is 3.90. The summed E-state index contributed by atoms with van der Waals surface area (Å²) in [4.78, 5) is 8.18. The number of nitrogens with two attached hydrogens (primary N) is 1. The Hall–Kier alpha value is -2.37. The highest BCUT2D eigenvalue weighted by atomic mass is 16.3. The Bertz CT molecular complexity index is 697. The minimum Gasteiger partial charge on any atom is -0.472 e. The van der Waals surface area contributed by atoms with Crippen LogP contribution in [-0.2, 0) is 7.05 Å². The monoisotopic (exact) mass is 229 g/mol. The van der Waals surface area contributed by atoms with Crippen molar-refractivity contribution in [2.24, 2.45) is 7.05 Å². The zero-order chi connectivity index (χ0) is 12.0. The van der Waals surface area contributed by atoms with Crippen molar-refractivity contribution in [1.29, 1.82) is 0 Å². The largest absolute Gasteiger partial charge is 0.472 e. The first kappa shape index (κ1) is 9.83. The van der Waals surface area contributed by atoms with E-state index in [4.69, 9.17) is 10.2 Å². The summed E-state index contributed by atoms with van der Waals surface area (Å²) in [6, 6.07) is 0. The van der Waals surface area contributed by atoms with Crippen LogP contribution in [0.3, 0.4) is 0 Å². The molecule has 0 amide bonds. The van der Waals surface area contributed by atoms with Gasteiger partial charge in [-0.25, -0.2) is 14.6 Å². The molecule has 2 N–H and O–H groups in total. The summed E-state index contributed by atoms with van der Waals surface area (Å²) in [5, 5.41) is 5.19. The fourth-order valence-corrected chi connectivity index (χ4v) is 1.90. The van der Waals surface area contributed by atoms with Crippen molar-refractivity contribution in [3.05, 3.63) is 24.4 Å². The van der Waals surface area contributed by atoms with Gasteiger partial charge >= 0.3 is 0 Å². The lowest BCUT2D eigenvalue weighted by molar-refractivity contribution is 0.566. The molecule has 0 fully saturated rings. The number of aryl methyl sites for hydroxylation is 2. The van der Waals surface area contributed by atoms with Gasteiger partial charge in [-0.15, -0.1) is 0 Å². The van der Waals surface area contributed by atoms with E-state index in [1.807, 2.05) is 14.0 Å². The van der Waals surface area contributed by atoms with Crippen LogP contribution in [0.2, 0.25) is 0 Å². The van der Waals surface area contributed by atoms with Gasteiger partial charge in [0.15, 0.2) is 5.65 Å². The van der Waals surface area contributed by atoms with Gasteiger partial charge in [-0.2, -0.15) is 5.10 Å². The molecule has 0 aliphatic carbocycles. The van der Waals surface area contributed by atoms with E-state index in [2.05, 4.69) is 15.1 Å². The third kappa shape index (κ3) is 1.30. The zero-order valence-corrected chi connectivity index (χ0v) is 9.51. The number of nitrogens with zero attached hydrogens (tertiary/aromatic N) is 4. The molecule has 17 heavy (non-hydrogen) atoms. The first-order valence-corrected chi connectivity index (χ1v) is 5.15. The summed E-state index contributed by atoms with van der Waals surface area (Å²) in [7, 11) is 1.83. The Labute approximate surface area is 97.1 Å². The van der Waals surface area contributed by atoms with Crippen molar-refractivity contribution in [3.8, 4) is 11.3 Å². The molecule has 3 rings (SSSR count). The average molecular weight is 229 g/mol. The Kier molecular flexibility index (Phi) is 1.91. The number of furan rings is 1. The average Bonchev–Trinajstić information content (AvgIpc) is 2.85. The standard InChI is InChI=1S/C11H11N5O/c1-6-3-17-4-7(6)9-8-10(12)13-5-14-11(8)16(2)15-9/h3-5H,1-2H3,(H2,12,13,14). The number of aromatic nitrogens is 4. The molecule has 0 radical (unpaired) electrons. The van der Waals surface area contributed by atoms with Gasteiger partial charge in [0.05, 0.1) is 17.9 Å². The minimum atomic E-state index is 0.429. The summed E-state index contributed by atoms with van der Waals surface area (Å²) in [6.45, 7) is 1.96. The van der Waals surface area contributed by atoms with Crippen LogP contribution in [0.5, 0.6) is 0 Å². The molecular weight excluding hydrogens is 218 g/mol. The summed E-state index contributed by atoms with van der Waals surface area (Å²) >= 11 is 0. The summed E-state index contributed by atoms with van der Waals surface area (Å²) in [5.74, 6) is 0.429. The van der Waals surface area contributed by atoms with E-state index in [0.29, 0.717) is 11.5 Å². The molecule has 0 aliphatic rings. The Morgan fingerprint density at radius 3 is 2.82 bits per heavy atom. The number of fused-ring (bicyclic) bond motifs is 1. The van der Waals surface area contributed by atoms with E-state index in [9.17, 15) is 0 Å². The van der Waals surface area contributed by atoms with E-state index in [0.717, 1.165) is 22.2 Å². The van der Waals surface area contributed by atoms with Crippen molar-refractivity contribution in [1.82, 2.24) is 19.7 Å². The van der Waals surface area contributed by atoms with Crippen LogP contribution in [0, 0.1) is 6.92 Å². The van der Waals surface area contributed by atoms with Crippen LogP contribution in [-0.4, -0.2) is 19.7 Å². The SMILES string of the molecule is Cc1cocc1-c1nn(C)c2ncnc(N)c12. The van der Waals surface area contributed by atoms with Crippen molar-refractivity contribution < 1.29 is 4.42 Å². The fourth-order valence-electron chi connectivity index (χ4n) is 1.90. The van der Waals surface area contributed by atoms with E-state index in [1.165, 1.54) is 6.33 Å². The second-order valence-electron chi connectivity index (χ2n) is 3.90. The number of hydrogen-bond acceptors (Lipinski definition) is 5. The molecule has 0 aromatic carbocycles. The van der Waals surface area contributed by atoms with E-state index in [1.54, 1.807) is 17.2 Å². The predicted molar refractivity (Wildman–Crippen MR) is 63.2 cm³/mol. The smallest absolute Gasteiger partial charge is 0.163 e. The van der Waals surface area contributed by atoms with Crippen LogP contribution in [0.1, 0.15) is 5.56 Å². The van der Waals surface area contributed by atoms with Gasteiger partial charge in [0.1, 0.15) is 17.8 Å². The van der Waals surface area contributed by atoms with Gasteiger partial charge < -0.3 is 10.2 Å². The maximum Gasteiger partial charge on any atom is 0.163 e. The van der Waals surface area contributed by atoms with E-state index in [-0.39, 0.29) is 0 Å². The quantitative estimate of drug-likeness (QED) is 0.683. The molecule has 0 unspecified atom stereocenters. The van der Waals surface area contributed by atoms with E-state index >= 15 is 0 Å². The third-order valence-corrected chi connectivity index (χ3v) is 2.76. The van der Waals surface area contributed by atoms with Crippen molar-refractivity contribution in [2.75, 3.05) is 5.73 Å². The molecule has 6 nitrogen and oxygen atoms in total. The maximum atomic E-state index is 5.89. The van der Waals surface area contributed by atoms with Crippen LogP contribution in [0.4, 0.5) is 5.82 Å². The molecule has 3 aromatic heterocycles. The minimum absolute atomic E-state index is 0.429. The fraction of sp³-hybridized carbons (Fsp3) is 0.182. The molecule has 0 aliphatic heterocycles. The van der Waals surface area contributed by atoms with Gasteiger partial charge in [0, 0.05) is 12.6 Å².